The number of piperidine rings is 1. The van der Waals surface area contributed by atoms with Crippen molar-refractivity contribution in [1.82, 2.24) is 44.9 Å². The highest BCUT2D eigenvalue weighted by Crippen LogP contribution is 2.39. The molecule has 5 unspecified atom stereocenters. The lowest BCUT2D eigenvalue weighted by Gasteiger charge is -2.34. The molecule has 3 aromatic carbocycles. The van der Waals surface area contributed by atoms with Gasteiger partial charge in [-0.1, -0.05) is 24.1 Å². The standard InChI is InChI=1S/C26H21F2N5O2.C18H22N4O4.C9H17NO/c1-3-17-20(27)7-4-13-8-16(34)9-18(21(13)17)23-22(28)24-19(10-29-23)25(32-26(31-24)35-2)33-11-14-5-6-15(12-33)30-14;1-21-16-12(5-2-3-10-19-11-23)6-4-7-13(16)22(18(21)26)14-8-9-15(24)20-17(14)25;1-11-7-9-5-4-8-3-2-6-10(8)9/h1,4,7-10,14-15,30,34H,5-6,11-12H2,2H3;4,6-7,11,14H,2-3,5,8-10H2,1H3,(H,19,23)(H,20,24,25);8-9H,2-7H2,1H3. The van der Waals surface area contributed by atoms with Crippen LogP contribution >= 0.6 is 0 Å². The van der Waals surface area contributed by atoms with Crippen molar-refractivity contribution in [3.8, 4) is 35.4 Å². The zero-order chi connectivity index (χ0) is 50.6. The molecule has 8 heterocycles. The zero-order valence-corrected chi connectivity index (χ0v) is 40.8. The number of nitrogens with one attached hydrogen (secondary N) is 3. The Morgan fingerprint density at radius 1 is 1.00 bits per heavy atom. The van der Waals surface area contributed by atoms with Crippen molar-refractivity contribution in [2.75, 3.05) is 51.9 Å². The quantitative estimate of drug-likeness (QED) is 0.0527. The smallest absolute Gasteiger partial charge is 0.329 e. The number of phenolic OH excluding ortho intramolecular Hbond substituents is 1. The molecule has 378 valence electrons. The minimum absolute atomic E-state index is 0.0258. The van der Waals surface area contributed by atoms with Gasteiger partial charge in [-0.05, 0) is 106 Å². The first kappa shape index (κ1) is 50.0. The number of nitrogens with zero attached hydrogens (tertiary/aromatic N) is 7. The van der Waals surface area contributed by atoms with Gasteiger partial charge in [-0.3, -0.25) is 38.7 Å². The molecule has 5 saturated heterocycles. The number of carbonyl (C=O) groups is 3. The molecule has 4 N–H and O–H groups in total. The van der Waals surface area contributed by atoms with Gasteiger partial charge < -0.3 is 30.1 Å². The highest BCUT2D eigenvalue weighted by atomic mass is 19.1. The molecule has 0 radical (unpaired) electrons. The summed E-state index contributed by atoms with van der Waals surface area (Å²) in [6.07, 6.45) is 18.6. The number of piperazine rings is 1. The molecular formula is C53H60F2N10O7. The van der Waals surface area contributed by atoms with Crippen molar-refractivity contribution in [1.29, 1.82) is 0 Å². The minimum Gasteiger partial charge on any atom is -0.508 e. The van der Waals surface area contributed by atoms with Crippen LogP contribution in [0.3, 0.4) is 0 Å². The fourth-order valence-electron chi connectivity index (χ4n) is 11.4. The number of terminal acetylenes is 1. The van der Waals surface area contributed by atoms with E-state index in [1.807, 2.05) is 25.3 Å². The maximum Gasteiger partial charge on any atom is 0.329 e. The molecule has 0 saturated carbocycles. The van der Waals surface area contributed by atoms with Crippen LogP contribution in [-0.2, 0) is 32.6 Å². The summed E-state index contributed by atoms with van der Waals surface area (Å²) >= 11 is 0. The predicted octanol–water partition coefficient (Wildman–Crippen LogP) is 5.41. The van der Waals surface area contributed by atoms with E-state index < -0.39 is 23.6 Å². The summed E-state index contributed by atoms with van der Waals surface area (Å²) in [5.74, 6) is 0.691. The largest absolute Gasteiger partial charge is 0.508 e. The first-order valence-corrected chi connectivity index (χ1v) is 24.7. The van der Waals surface area contributed by atoms with Crippen LogP contribution < -0.4 is 31.3 Å². The number of anilines is 1. The van der Waals surface area contributed by atoms with E-state index in [4.69, 9.17) is 15.9 Å². The second-order valence-corrected chi connectivity index (χ2v) is 19.1. The molecule has 5 aliphatic heterocycles. The summed E-state index contributed by atoms with van der Waals surface area (Å²) < 4.78 is 44.2. The van der Waals surface area contributed by atoms with E-state index in [1.165, 1.54) is 74.4 Å². The molecule has 3 aromatic heterocycles. The second kappa shape index (κ2) is 21.8. The maximum absolute atomic E-state index is 16.1. The molecule has 17 nitrogen and oxygen atoms in total. The number of hydrogen-bond donors (Lipinski definition) is 4. The summed E-state index contributed by atoms with van der Waals surface area (Å²) in [6, 6.07) is 12.9. The van der Waals surface area contributed by atoms with E-state index in [1.54, 1.807) is 11.6 Å². The Labute approximate surface area is 415 Å². The molecular weight excluding hydrogens is 927 g/mol. The fourth-order valence-corrected chi connectivity index (χ4v) is 11.4. The molecule has 11 rings (SSSR count). The van der Waals surface area contributed by atoms with E-state index in [0.717, 1.165) is 75.0 Å². The number of unbranched alkanes of at least 4 members (excludes halogenated alkanes) is 1. The normalized spacial score (nSPS) is 21.4. The average Bonchev–Trinajstić information content (AvgIpc) is 4.15. The van der Waals surface area contributed by atoms with E-state index >= 15 is 4.39 Å². The van der Waals surface area contributed by atoms with Crippen molar-refractivity contribution < 1.29 is 37.7 Å². The monoisotopic (exact) mass is 986 g/mol. The fraction of sp³-hybridized carbons (Fsp3) is 0.453. The molecule has 5 fully saturated rings. The topological polar surface area (TPSA) is 198 Å². The van der Waals surface area contributed by atoms with Gasteiger partial charge in [-0.2, -0.15) is 9.97 Å². The number of halogens is 2. The number of fused-ring (bicyclic) bond motifs is 6. The molecule has 5 aliphatic rings. The Kier molecular flexibility index (Phi) is 15.1. The Bertz CT molecular complexity index is 3120. The van der Waals surface area contributed by atoms with Gasteiger partial charge in [0.05, 0.1) is 35.7 Å². The first-order valence-electron chi connectivity index (χ1n) is 24.7. The number of hydrogen-bond acceptors (Lipinski definition) is 13. The number of rotatable bonds is 12. The van der Waals surface area contributed by atoms with Gasteiger partial charge in [-0.25, -0.2) is 13.6 Å². The van der Waals surface area contributed by atoms with Gasteiger partial charge in [-0.15, -0.1) is 6.42 Å². The number of methoxy groups -OCH3 is 2. The lowest BCUT2D eigenvalue weighted by atomic mass is 9.96. The van der Waals surface area contributed by atoms with Gasteiger partial charge >= 0.3 is 11.7 Å². The third-order valence-corrected chi connectivity index (χ3v) is 14.7. The number of imide groups is 1. The highest BCUT2D eigenvalue weighted by Gasteiger charge is 2.37. The van der Waals surface area contributed by atoms with Crippen LogP contribution in [0.1, 0.15) is 81.4 Å². The SMILES string of the molecule is C#Cc1c(F)ccc2cc(O)cc(-c3ncc4c(N5CC6CCC(C5)N6)nc(OC)nc4c3F)c12.COCC1CCC2CCCN21.Cn1c(=O)n(C2CCC(=O)NC2=O)c2cccc(CCCCNC=O)c21. The Morgan fingerprint density at radius 3 is 2.54 bits per heavy atom. The summed E-state index contributed by atoms with van der Waals surface area (Å²) in [7, 11) is 4.94. The van der Waals surface area contributed by atoms with Crippen LogP contribution in [0, 0.1) is 24.0 Å². The number of imidazole rings is 1. The number of ether oxygens (including phenoxy) is 2. The van der Waals surface area contributed by atoms with E-state index in [2.05, 4.69) is 46.6 Å². The van der Waals surface area contributed by atoms with Crippen LogP contribution in [0.15, 0.2) is 53.5 Å². The molecule has 0 spiro atoms. The van der Waals surface area contributed by atoms with Gasteiger partial charge in [0.1, 0.15) is 34.6 Å². The maximum atomic E-state index is 16.1. The molecule has 0 aliphatic carbocycles. The summed E-state index contributed by atoms with van der Waals surface area (Å²) in [4.78, 5) is 64.7. The molecule has 5 atom stereocenters. The number of aromatic hydroxyl groups is 1. The van der Waals surface area contributed by atoms with Crippen molar-refractivity contribution in [2.45, 2.75) is 101 Å². The molecule has 6 aromatic rings. The Morgan fingerprint density at radius 2 is 1.81 bits per heavy atom. The number of aromatic nitrogens is 5. The minimum atomic E-state index is -0.735. The summed E-state index contributed by atoms with van der Waals surface area (Å²) in [5, 5.41) is 20.0. The summed E-state index contributed by atoms with van der Waals surface area (Å²) in [5.41, 5.74) is 2.34. The summed E-state index contributed by atoms with van der Waals surface area (Å²) in [6.45, 7) is 4.35. The number of amides is 3. The highest BCUT2D eigenvalue weighted by molar-refractivity contribution is 6.03. The van der Waals surface area contributed by atoms with E-state index in [0.29, 0.717) is 53.6 Å². The third kappa shape index (κ3) is 9.95. The first-order chi connectivity index (χ1) is 34.9. The van der Waals surface area contributed by atoms with E-state index in [-0.39, 0.29) is 57.5 Å². The number of carbonyl (C=O) groups excluding carboxylic acids is 3. The van der Waals surface area contributed by atoms with Gasteiger partial charge in [0.25, 0.3) is 0 Å². The van der Waals surface area contributed by atoms with Crippen molar-refractivity contribution in [2.24, 2.45) is 7.05 Å². The number of para-hydroxylation sites is 1. The van der Waals surface area contributed by atoms with Gasteiger partial charge in [0, 0.05) is 81.5 Å². The number of aryl methyl sites for hydroxylation is 2. The molecule has 72 heavy (non-hydrogen) atoms. The van der Waals surface area contributed by atoms with Crippen molar-refractivity contribution >= 4 is 56.8 Å². The molecule has 19 heteroatoms. The number of phenols is 1. The Balaban J connectivity index is 0.000000151. The van der Waals surface area contributed by atoms with Crippen molar-refractivity contribution in [3.63, 3.8) is 0 Å². The average molecular weight is 987 g/mol. The third-order valence-electron chi connectivity index (χ3n) is 14.7. The van der Waals surface area contributed by atoms with Crippen LogP contribution in [0.5, 0.6) is 11.8 Å². The second-order valence-electron chi connectivity index (χ2n) is 19.1. The van der Waals surface area contributed by atoms with Crippen molar-refractivity contribution in [3.05, 3.63) is 81.9 Å². The molecule has 3 amide bonds. The van der Waals surface area contributed by atoms with Crippen LogP contribution in [0.2, 0.25) is 0 Å². The lowest BCUT2D eigenvalue weighted by Crippen LogP contribution is -2.51. The number of benzene rings is 3. The van der Waals surface area contributed by atoms with Crippen LogP contribution in [0.25, 0.3) is 44.0 Å². The van der Waals surface area contributed by atoms with Crippen LogP contribution in [-0.4, -0.2) is 123 Å². The van der Waals surface area contributed by atoms with Gasteiger partial charge in [0.15, 0.2) is 5.82 Å². The predicted molar refractivity (Wildman–Crippen MR) is 269 cm³/mol. The van der Waals surface area contributed by atoms with E-state index in [9.17, 15) is 28.7 Å². The molecule has 2 bridgehead atoms. The zero-order valence-electron chi connectivity index (χ0n) is 40.8. The Hall–Kier alpha value is -7.01. The lowest BCUT2D eigenvalue weighted by molar-refractivity contribution is -0.135. The van der Waals surface area contributed by atoms with Gasteiger partial charge in [0.2, 0.25) is 18.2 Å². The van der Waals surface area contributed by atoms with Crippen LogP contribution in [0.4, 0.5) is 14.6 Å². The number of pyridine rings is 1.